The van der Waals surface area contributed by atoms with Crippen LogP contribution in [-0.2, 0) is 4.79 Å². The Kier molecular flexibility index (Phi) is 5.85. The number of nitrogens with zero attached hydrogens (tertiary/aromatic N) is 2. The number of carboxylic acids is 1. The van der Waals surface area contributed by atoms with Crippen molar-refractivity contribution in [3.8, 4) is 0 Å². The second-order valence-electron chi connectivity index (χ2n) is 6.84. The summed E-state index contributed by atoms with van der Waals surface area (Å²) < 4.78 is 0. The molecule has 2 fully saturated rings. The van der Waals surface area contributed by atoms with Crippen LogP contribution in [0.25, 0.3) is 0 Å². The van der Waals surface area contributed by atoms with E-state index in [0.717, 1.165) is 51.2 Å². The Balaban J connectivity index is 1.72. The Hall–Kier alpha value is -0.610. The molecule has 0 spiro atoms. The zero-order valence-electron chi connectivity index (χ0n) is 13.1. The molecule has 0 aliphatic carbocycles. The first-order chi connectivity index (χ1) is 9.58. The van der Waals surface area contributed by atoms with Crippen molar-refractivity contribution in [2.24, 2.45) is 5.92 Å². The SMILES string of the molecule is CC(C)CCCN1CCC(N2CCCC2C(=O)O)CC1. The summed E-state index contributed by atoms with van der Waals surface area (Å²) in [5.41, 5.74) is 0. The summed E-state index contributed by atoms with van der Waals surface area (Å²) >= 11 is 0. The number of likely N-dealkylation sites (tertiary alicyclic amines) is 2. The Morgan fingerprint density at radius 3 is 2.50 bits per heavy atom. The average molecular weight is 282 g/mol. The van der Waals surface area contributed by atoms with Crippen molar-refractivity contribution in [2.45, 2.75) is 64.5 Å². The summed E-state index contributed by atoms with van der Waals surface area (Å²) in [6.07, 6.45) is 6.78. The van der Waals surface area contributed by atoms with E-state index < -0.39 is 5.97 Å². The third kappa shape index (κ3) is 4.19. The maximum absolute atomic E-state index is 11.3. The van der Waals surface area contributed by atoms with Crippen LogP contribution >= 0.6 is 0 Å². The first kappa shape index (κ1) is 15.8. The van der Waals surface area contributed by atoms with Crippen molar-refractivity contribution in [3.05, 3.63) is 0 Å². The van der Waals surface area contributed by atoms with Gasteiger partial charge >= 0.3 is 5.97 Å². The maximum Gasteiger partial charge on any atom is 0.320 e. The molecule has 0 aromatic carbocycles. The van der Waals surface area contributed by atoms with Crippen LogP contribution in [0.5, 0.6) is 0 Å². The first-order valence-electron chi connectivity index (χ1n) is 8.29. The second kappa shape index (κ2) is 7.41. The molecule has 116 valence electrons. The molecule has 2 aliphatic rings. The fourth-order valence-corrected chi connectivity index (χ4v) is 3.69. The van der Waals surface area contributed by atoms with Crippen LogP contribution in [0.3, 0.4) is 0 Å². The molecular weight excluding hydrogens is 252 g/mol. The van der Waals surface area contributed by atoms with Gasteiger partial charge in [-0.15, -0.1) is 0 Å². The lowest BCUT2D eigenvalue weighted by Gasteiger charge is -2.38. The van der Waals surface area contributed by atoms with E-state index in [1.165, 1.54) is 19.4 Å². The number of piperidine rings is 1. The largest absolute Gasteiger partial charge is 0.480 e. The molecule has 4 heteroatoms. The molecular formula is C16H30N2O2. The fourth-order valence-electron chi connectivity index (χ4n) is 3.69. The lowest BCUT2D eigenvalue weighted by Crippen LogP contribution is -2.49. The fraction of sp³-hybridized carbons (Fsp3) is 0.938. The van der Waals surface area contributed by atoms with Gasteiger partial charge in [0.25, 0.3) is 0 Å². The standard InChI is InChI=1S/C16H30N2O2/c1-13(2)5-3-9-17-11-7-14(8-12-17)18-10-4-6-15(18)16(19)20/h13-15H,3-12H2,1-2H3,(H,19,20). The molecule has 2 saturated heterocycles. The van der Waals surface area contributed by atoms with E-state index in [9.17, 15) is 9.90 Å². The highest BCUT2D eigenvalue weighted by Crippen LogP contribution is 2.26. The summed E-state index contributed by atoms with van der Waals surface area (Å²) in [6, 6.07) is 0.285. The van der Waals surface area contributed by atoms with Crippen LogP contribution in [-0.4, -0.2) is 59.1 Å². The van der Waals surface area contributed by atoms with Gasteiger partial charge in [0.1, 0.15) is 6.04 Å². The van der Waals surface area contributed by atoms with Crippen LogP contribution in [0, 0.1) is 5.92 Å². The van der Waals surface area contributed by atoms with E-state index in [1.807, 2.05) is 0 Å². The molecule has 0 aromatic heterocycles. The predicted octanol–water partition coefficient (Wildman–Crippen LogP) is 2.44. The van der Waals surface area contributed by atoms with Gasteiger partial charge in [-0.2, -0.15) is 0 Å². The van der Waals surface area contributed by atoms with Crippen molar-refractivity contribution in [1.29, 1.82) is 0 Å². The summed E-state index contributed by atoms with van der Waals surface area (Å²) in [7, 11) is 0. The molecule has 0 amide bonds. The van der Waals surface area contributed by atoms with Crippen LogP contribution < -0.4 is 0 Å². The molecule has 1 atom stereocenters. The molecule has 0 aromatic rings. The highest BCUT2D eigenvalue weighted by molar-refractivity contribution is 5.73. The van der Waals surface area contributed by atoms with E-state index in [-0.39, 0.29) is 6.04 Å². The molecule has 20 heavy (non-hydrogen) atoms. The smallest absolute Gasteiger partial charge is 0.320 e. The molecule has 1 N–H and O–H groups in total. The zero-order chi connectivity index (χ0) is 14.5. The first-order valence-corrected chi connectivity index (χ1v) is 8.29. The van der Waals surface area contributed by atoms with Gasteiger partial charge in [-0.1, -0.05) is 13.8 Å². The topological polar surface area (TPSA) is 43.8 Å². The number of carbonyl (C=O) groups is 1. The third-order valence-electron chi connectivity index (χ3n) is 4.86. The van der Waals surface area contributed by atoms with Crippen molar-refractivity contribution in [1.82, 2.24) is 9.80 Å². The summed E-state index contributed by atoms with van der Waals surface area (Å²) in [4.78, 5) is 16.1. The lowest BCUT2D eigenvalue weighted by molar-refractivity contribution is -0.143. The van der Waals surface area contributed by atoms with Gasteiger partial charge in [0.05, 0.1) is 0 Å². The van der Waals surface area contributed by atoms with Gasteiger partial charge in [-0.25, -0.2) is 0 Å². The molecule has 0 radical (unpaired) electrons. The van der Waals surface area contributed by atoms with E-state index in [2.05, 4.69) is 23.6 Å². The normalized spacial score (nSPS) is 26.4. The number of carboxylic acid groups (broad SMARTS) is 1. The van der Waals surface area contributed by atoms with E-state index in [1.54, 1.807) is 0 Å². The number of hydrogen-bond donors (Lipinski definition) is 1. The zero-order valence-corrected chi connectivity index (χ0v) is 13.1. The molecule has 2 rings (SSSR count). The van der Waals surface area contributed by atoms with E-state index >= 15 is 0 Å². The van der Waals surface area contributed by atoms with Crippen molar-refractivity contribution in [2.75, 3.05) is 26.2 Å². The van der Waals surface area contributed by atoms with E-state index in [0.29, 0.717) is 6.04 Å². The van der Waals surface area contributed by atoms with Crippen molar-refractivity contribution >= 4 is 5.97 Å². The Bertz CT molecular complexity index is 312. The van der Waals surface area contributed by atoms with Crippen molar-refractivity contribution in [3.63, 3.8) is 0 Å². The van der Waals surface area contributed by atoms with E-state index in [4.69, 9.17) is 0 Å². The van der Waals surface area contributed by atoms with Crippen LogP contribution in [0.15, 0.2) is 0 Å². The summed E-state index contributed by atoms with van der Waals surface area (Å²) in [6.45, 7) is 9.05. The van der Waals surface area contributed by atoms with Crippen molar-refractivity contribution < 1.29 is 9.90 Å². The monoisotopic (exact) mass is 282 g/mol. The van der Waals surface area contributed by atoms with Crippen LogP contribution in [0.1, 0.15) is 52.4 Å². The minimum atomic E-state index is -0.623. The highest BCUT2D eigenvalue weighted by atomic mass is 16.4. The molecule has 0 saturated carbocycles. The quantitative estimate of drug-likeness (QED) is 0.812. The molecule has 4 nitrogen and oxygen atoms in total. The maximum atomic E-state index is 11.3. The van der Waals surface area contributed by atoms with Gasteiger partial charge in [0.2, 0.25) is 0 Å². The number of hydrogen-bond acceptors (Lipinski definition) is 3. The third-order valence-corrected chi connectivity index (χ3v) is 4.86. The Morgan fingerprint density at radius 1 is 1.20 bits per heavy atom. The van der Waals surface area contributed by atoms with Crippen LogP contribution in [0.2, 0.25) is 0 Å². The molecule has 1 unspecified atom stereocenters. The Labute approximate surface area is 123 Å². The molecule has 2 aliphatic heterocycles. The minimum absolute atomic E-state index is 0.215. The average Bonchev–Trinajstić information content (AvgIpc) is 2.88. The predicted molar refractivity (Wildman–Crippen MR) is 80.9 cm³/mol. The highest BCUT2D eigenvalue weighted by Gasteiger charge is 2.36. The number of aliphatic carboxylic acids is 1. The molecule has 2 heterocycles. The molecule has 0 bridgehead atoms. The van der Waals surface area contributed by atoms with Gasteiger partial charge in [0.15, 0.2) is 0 Å². The summed E-state index contributed by atoms with van der Waals surface area (Å²) in [5.74, 6) is 0.176. The second-order valence-corrected chi connectivity index (χ2v) is 6.84. The van der Waals surface area contributed by atoms with Gasteiger partial charge in [0, 0.05) is 6.04 Å². The lowest BCUT2D eigenvalue weighted by atomic mass is 10.0. The van der Waals surface area contributed by atoms with Crippen LogP contribution in [0.4, 0.5) is 0 Å². The number of rotatable bonds is 6. The Morgan fingerprint density at radius 2 is 1.90 bits per heavy atom. The van der Waals surface area contributed by atoms with Gasteiger partial charge in [-0.05, 0) is 70.6 Å². The minimum Gasteiger partial charge on any atom is -0.480 e. The van der Waals surface area contributed by atoms with Gasteiger partial charge in [-0.3, -0.25) is 9.69 Å². The summed E-state index contributed by atoms with van der Waals surface area (Å²) in [5, 5.41) is 9.28. The van der Waals surface area contributed by atoms with Gasteiger partial charge < -0.3 is 10.0 Å².